The molecule has 1 aromatic carbocycles. The topological polar surface area (TPSA) is 102 Å². The summed E-state index contributed by atoms with van der Waals surface area (Å²) in [6, 6.07) is 3.00. The quantitative estimate of drug-likeness (QED) is 0.727. The number of nitrogens with two attached hydrogens (primary N) is 1. The molecule has 2 N–H and O–H groups in total. The van der Waals surface area contributed by atoms with E-state index in [0.717, 1.165) is 15.4 Å². The van der Waals surface area contributed by atoms with Crippen LogP contribution in [0.2, 0.25) is 5.02 Å². The van der Waals surface area contributed by atoms with Gasteiger partial charge >= 0.3 is 0 Å². The molecule has 2 fully saturated rings. The lowest BCUT2D eigenvalue weighted by molar-refractivity contribution is -0.00405. The summed E-state index contributed by atoms with van der Waals surface area (Å²) in [6.07, 6.45) is -0.115. The lowest BCUT2D eigenvalue weighted by atomic mass is 9.60. The van der Waals surface area contributed by atoms with Crippen molar-refractivity contribution in [3.05, 3.63) is 23.4 Å². The molecule has 4 rings (SSSR count). The number of anilines is 1. The van der Waals surface area contributed by atoms with Crippen molar-refractivity contribution >= 4 is 38.4 Å². The summed E-state index contributed by atoms with van der Waals surface area (Å²) in [7, 11) is -2.64. The largest absolute Gasteiger partial charge is 0.495 e. The van der Waals surface area contributed by atoms with Crippen molar-refractivity contribution in [2.75, 3.05) is 31.6 Å². The van der Waals surface area contributed by atoms with E-state index in [1.54, 1.807) is 18.3 Å². The van der Waals surface area contributed by atoms with Crippen molar-refractivity contribution in [3.8, 4) is 5.75 Å². The Morgan fingerprint density at radius 3 is 2.69 bits per heavy atom. The van der Waals surface area contributed by atoms with Crippen molar-refractivity contribution < 1.29 is 21.9 Å². The SMILES string of the molecule is COc1cc2nncc(N3CC4(CC(N(CC(F)F)S(N)(=O)=O)C4)C3)c2cc1Cl. The fraction of sp³-hybridized carbons (Fsp3) is 0.529. The summed E-state index contributed by atoms with van der Waals surface area (Å²) in [5.74, 6) is 0.509. The Morgan fingerprint density at radius 2 is 2.10 bits per heavy atom. The third-order valence-corrected chi connectivity index (χ3v) is 7.07. The average molecular weight is 448 g/mol. The van der Waals surface area contributed by atoms with Crippen LogP contribution in [0, 0.1) is 5.41 Å². The fourth-order valence-electron chi connectivity index (χ4n) is 4.39. The number of alkyl halides is 2. The van der Waals surface area contributed by atoms with Crippen LogP contribution in [0.15, 0.2) is 18.3 Å². The zero-order valence-corrected chi connectivity index (χ0v) is 17.1. The van der Waals surface area contributed by atoms with Crippen LogP contribution < -0.4 is 14.8 Å². The zero-order valence-electron chi connectivity index (χ0n) is 15.6. The average Bonchev–Trinajstić information content (AvgIpc) is 2.56. The Balaban J connectivity index is 1.48. The second-order valence-corrected chi connectivity index (χ2v) is 9.56. The van der Waals surface area contributed by atoms with E-state index in [-0.39, 0.29) is 5.41 Å². The maximum Gasteiger partial charge on any atom is 0.277 e. The number of hydrogen-bond donors (Lipinski definition) is 1. The molecule has 12 heteroatoms. The van der Waals surface area contributed by atoms with Crippen LogP contribution in [-0.2, 0) is 10.2 Å². The molecule has 0 amide bonds. The summed E-state index contributed by atoms with van der Waals surface area (Å²) in [5.41, 5.74) is 1.40. The molecule has 2 heterocycles. The third-order valence-electron chi connectivity index (χ3n) is 5.67. The number of benzene rings is 1. The Hall–Kier alpha value is -1.82. The molecular formula is C17H20ClF2N5O3S. The highest BCUT2D eigenvalue weighted by molar-refractivity contribution is 7.86. The van der Waals surface area contributed by atoms with Crippen molar-refractivity contribution in [1.82, 2.24) is 14.5 Å². The van der Waals surface area contributed by atoms with Crippen molar-refractivity contribution in [2.45, 2.75) is 25.3 Å². The first kappa shape index (κ1) is 20.5. The maximum absolute atomic E-state index is 12.7. The van der Waals surface area contributed by atoms with Crippen molar-refractivity contribution in [3.63, 3.8) is 0 Å². The van der Waals surface area contributed by atoms with Crippen molar-refractivity contribution in [2.24, 2.45) is 10.6 Å². The normalized spacial score (nSPS) is 19.1. The highest BCUT2D eigenvalue weighted by atomic mass is 35.5. The first-order chi connectivity index (χ1) is 13.6. The molecule has 0 atom stereocenters. The van der Waals surface area contributed by atoms with Gasteiger partial charge < -0.3 is 9.64 Å². The van der Waals surface area contributed by atoms with E-state index in [1.807, 2.05) is 0 Å². The highest BCUT2D eigenvalue weighted by Crippen LogP contribution is 2.52. The van der Waals surface area contributed by atoms with E-state index in [4.69, 9.17) is 21.5 Å². The minimum absolute atomic E-state index is 0.110. The molecule has 2 aliphatic rings. The smallest absolute Gasteiger partial charge is 0.277 e. The maximum atomic E-state index is 12.7. The fourth-order valence-corrected chi connectivity index (χ4v) is 5.51. The van der Waals surface area contributed by atoms with E-state index in [0.29, 0.717) is 42.2 Å². The van der Waals surface area contributed by atoms with Gasteiger partial charge in [-0.2, -0.15) is 22.9 Å². The van der Waals surface area contributed by atoms with Gasteiger partial charge in [0.25, 0.3) is 16.6 Å². The standard InChI is InChI=1S/C17H20ClF2N5O3S/c1-28-15-3-13-11(2-12(15)18)14(6-22-23-13)24-8-17(9-24)4-10(5-17)25(7-16(19)20)29(21,26)27/h2-3,6,10,16H,4-5,7-9H2,1H3,(H2,21,26,27). The summed E-state index contributed by atoms with van der Waals surface area (Å²) in [4.78, 5) is 2.10. The van der Waals surface area contributed by atoms with Gasteiger partial charge in [-0.3, -0.25) is 0 Å². The number of methoxy groups -OCH3 is 1. The number of hydrogen-bond acceptors (Lipinski definition) is 6. The Bertz CT molecular complexity index is 1040. The molecule has 1 aliphatic carbocycles. The van der Waals surface area contributed by atoms with Crippen molar-refractivity contribution in [1.29, 1.82) is 0 Å². The second-order valence-electron chi connectivity index (χ2n) is 7.66. The molecule has 1 saturated heterocycles. The molecule has 158 valence electrons. The monoisotopic (exact) mass is 447 g/mol. The molecule has 0 radical (unpaired) electrons. The number of nitrogens with zero attached hydrogens (tertiary/aromatic N) is 4. The number of rotatable bonds is 6. The van der Waals surface area contributed by atoms with Crippen LogP contribution >= 0.6 is 11.6 Å². The van der Waals surface area contributed by atoms with Crippen LogP contribution in [0.4, 0.5) is 14.5 Å². The molecule has 1 spiro atoms. The third kappa shape index (κ3) is 3.72. The molecule has 0 bridgehead atoms. The van der Waals surface area contributed by atoms with E-state index in [1.165, 1.54) is 7.11 Å². The van der Waals surface area contributed by atoms with Gasteiger partial charge in [0.15, 0.2) is 0 Å². The van der Waals surface area contributed by atoms with Gasteiger partial charge in [-0.15, -0.1) is 0 Å². The lowest BCUT2D eigenvalue weighted by Crippen LogP contribution is -2.68. The second kappa shape index (κ2) is 7.15. The molecule has 0 unspecified atom stereocenters. The number of ether oxygens (including phenoxy) is 1. The van der Waals surface area contributed by atoms with Gasteiger partial charge in [0.1, 0.15) is 5.75 Å². The number of fused-ring (bicyclic) bond motifs is 1. The Labute approximate surface area is 171 Å². The number of halogens is 3. The van der Waals surface area contributed by atoms with E-state index < -0.39 is 29.2 Å². The number of aromatic nitrogens is 2. The van der Waals surface area contributed by atoms with Gasteiger partial charge in [-0.05, 0) is 18.9 Å². The zero-order chi connectivity index (χ0) is 21.0. The first-order valence-corrected chi connectivity index (χ1v) is 10.8. The van der Waals surface area contributed by atoms with Crippen LogP contribution in [0.25, 0.3) is 10.9 Å². The van der Waals surface area contributed by atoms with Crippen LogP contribution in [0.1, 0.15) is 12.8 Å². The van der Waals surface area contributed by atoms with Gasteiger partial charge in [0.2, 0.25) is 0 Å². The molecule has 8 nitrogen and oxygen atoms in total. The van der Waals surface area contributed by atoms with Gasteiger partial charge in [0.05, 0.1) is 36.1 Å². The molecule has 2 aromatic rings. The molecule has 1 aliphatic heterocycles. The van der Waals surface area contributed by atoms with Gasteiger partial charge in [-0.1, -0.05) is 11.6 Å². The van der Waals surface area contributed by atoms with Crippen LogP contribution in [0.5, 0.6) is 5.75 Å². The Morgan fingerprint density at radius 1 is 1.41 bits per heavy atom. The summed E-state index contributed by atoms with van der Waals surface area (Å²) >= 11 is 6.25. The minimum atomic E-state index is -4.17. The van der Waals surface area contributed by atoms with Crippen LogP contribution in [-0.4, -0.2) is 62.1 Å². The first-order valence-electron chi connectivity index (χ1n) is 8.93. The lowest BCUT2D eigenvalue weighted by Gasteiger charge is -2.61. The van der Waals surface area contributed by atoms with Crippen LogP contribution in [0.3, 0.4) is 0 Å². The summed E-state index contributed by atoms with van der Waals surface area (Å²) in [5, 5.41) is 14.6. The van der Waals surface area contributed by atoms with E-state index in [9.17, 15) is 17.2 Å². The molecule has 1 saturated carbocycles. The molecule has 29 heavy (non-hydrogen) atoms. The predicted molar refractivity (Wildman–Crippen MR) is 105 cm³/mol. The van der Waals surface area contributed by atoms with E-state index >= 15 is 0 Å². The highest BCUT2D eigenvalue weighted by Gasteiger charge is 2.55. The predicted octanol–water partition coefficient (Wildman–Crippen LogP) is 2.03. The summed E-state index contributed by atoms with van der Waals surface area (Å²) in [6.45, 7) is 0.463. The minimum Gasteiger partial charge on any atom is -0.495 e. The van der Waals surface area contributed by atoms with Gasteiger partial charge in [-0.25, -0.2) is 13.9 Å². The molecule has 1 aromatic heterocycles. The molecular weight excluding hydrogens is 428 g/mol. The Kier molecular flexibility index (Phi) is 5.04. The van der Waals surface area contributed by atoms with Gasteiger partial charge in [0, 0.05) is 36.0 Å². The van der Waals surface area contributed by atoms with E-state index in [2.05, 4.69) is 15.1 Å². The summed E-state index contributed by atoms with van der Waals surface area (Å²) < 4.78 is 54.7.